The molecule has 1 aliphatic heterocycles. The van der Waals surface area contributed by atoms with Gasteiger partial charge in [0.05, 0.1) is 22.0 Å². The lowest BCUT2D eigenvalue weighted by molar-refractivity contribution is -0.385. The molecule has 1 atom stereocenters. The molecule has 0 radical (unpaired) electrons. The molecule has 0 saturated heterocycles. The van der Waals surface area contributed by atoms with Gasteiger partial charge in [-0.1, -0.05) is 24.3 Å². The minimum absolute atomic E-state index is 0.0366. The first-order valence-corrected chi connectivity index (χ1v) is 7.57. The molecule has 0 fully saturated rings. The fraction of sp³-hybridized carbons (Fsp3) is 0.176. The molecule has 1 unspecified atom stereocenters. The van der Waals surface area contributed by atoms with Crippen LogP contribution in [0.3, 0.4) is 0 Å². The average Bonchev–Trinajstić information content (AvgIpc) is 2.89. The molecule has 25 heavy (non-hydrogen) atoms. The minimum Gasteiger partial charge on any atom is -0.269 e. The van der Waals surface area contributed by atoms with E-state index in [-0.39, 0.29) is 11.6 Å². The number of para-hydroxylation sites is 1. The van der Waals surface area contributed by atoms with E-state index < -0.39 is 11.0 Å². The van der Waals surface area contributed by atoms with Crippen LogP contribution in [0.2, 0.25) is 0 Å². The molecule has 3 rings (SSSR count). The molecule has 1 amide bonds. The summed E-state index contributed by atoms with van der Waals surface area (Å²) in [5, 5.41) is 24.5. The van der Waals surface area contributed by atoms with Crippen molar-refractivity contribution in [3.05, 3.63) is 64.2 Å². The third kappa shape index (κ3) is 3.27. The standard InChI is InChI=1S/C17H15N5O3/c1-11-8-9-13(10-15(11)22(24)25)18-19-16-12(2)20-21(17(16)23)14-6-4-3-5-7-14/h3-10,16H,1-2H3. The van der Waals surface area contributed by atoms with Crippen molar-refractivity contribution in [3.8, 4) is 0 Å². The van der Waals surface area contributed by atoms with Gasteiger partial charge in [-0.25, -0.2) is 0 Å². The van der Waals surface area contributed by atoms with Gasteiger partial charge in [0.15, 0.2) is 6.04 Å². The van der Waals surface area contributed by atoms with Crippen molar-refractivity contribution in [2.75, 3.05) is 5.01 Å². The Balaban J connectivity index is 1.83. The maximum Gasteiger partial charge on any atom is 0.280 e. The number of hydrazone groups is 1. The molecule has 126 valence electrons. The Labute approximate surface area is 143 Å². The Kier molecular flexibility index (Phi) is 4.34. The fourth-order valence-corrected chi connectivity index (χ4v) is 2.42. The Hall–Kier alpha value is -3.42. The van der Waals surface area contributed by atoms with E-state index in [0.29, 0.717) is 22.6 Å². The predicted octanol–water partition coefficient (Wildman–Crippen LogP) is 3.78. The number of carbonyl (C=O) groups is 1. The molecule has 1 heterocycles. The maximum atomic E-state index is 12.5. The molecule has 2 aromatic carbocycles. The lowest BCUT2D eigenvalue weighted by atomic mass is 10.2. The molecule has 0 aromatic heterocycles. The molecule has 8 heteroatoms. The van der Waals surface area contributed by atoms with Crippen LogP contribution in [-0.4, -0.2) is 22.6 Å². The smallest absolute Gasteiger partial charge is 0.269 e. The monoisotopic (exact) mass is 337 g/mol. The van der Waals surface area contributed by atoms with Crippen molar-refractivity contribution in [1.29, 1.82) is 0 Å². The van der Waals surface area contributed by atoms with E-state index >= 15 is 0 Å². The molecule has 0 aliphatic carbocycles. The molecule has 0 N–H and O–H groups in total. The van der Waals surface area contributed by atoms with E-state index in [1.807, 2.05) is 18.2 Å². The fourth-order valence-electron chi connectivity index (χ4n) is 2.42. The van der Waals surface area contributed by atoms with E-state index in [2.05, 4.69) is 15.3 Å². The van der Waals surface area contributed by atoms with Crippen LogP contribution >= 0.6 is 0 Å². The highest BCUT2D eigenvalue weighted by molar-refractivity contribution is 6.18. The molecule has 1 aliphatic rings. The van der Waals surface area contributed by atoms with E-state index in [1.54, 1.807) is 38.1 Å². The lowest BCUT2D eigenvalue weighted by Gasteiger charge is -2.11. The zero-order chi connectivity index (χ0) is 18.0. The molecule has 8 nitrogen and oxygen atoms in total. The number of hydrogen-bond donors (Lipinski definition) is 0. The van der Waals surface area contributed by atoms with Crippen LogP contribution in [0.25, 0.3) is 0 Å². The largest absolute Gasteiger partial charge is 0.280 e. The number of nitro benzene ring substituents is 1. The summed E-state index contributed by atoms with van der Waals surface area (Å²) in [5.41, 5.74) is 1.98. The normalized spacial score (nSPS) is 17.2. The number of nitro groups is 1. The van der Waals surface area contributed by atoms with Gasteiger partial charge < -0.3 is 0 Å². The van der Waals surface area contributed by atoms with Crippen molar-refractivity contribution in [3.63, 3.8) is 0 Å². The van der Waals surface area contributed by atoms with Gasteiger partial charge in [0.2, 0.25) is 0 Å². The summed E-state index contributed by atoms with van der Waals surface area (Å²) >= 11 is 0. The number of azo groups is 1. The first-order valence-electron chi connectivity index (χ1n) is 7.57. The number of benzene rings is 2. The van der Waals surface area contributed by atoms with Gasteiger partial charge in [-0.05, 0) is 32.0 Å². The first kappa shape index (κ1) is 16.4. The zero-order valence-corrected chi connectivity index (χ0v) is 13.7. The minimum atomic E-state index is -0.833. The van der Waals surface area contributed by atoms with Gasteiger partial charge >= 0.3 is 0 Å². The van der Waals surface area contributed by atoms with Crippen LogP contribution in [0.15, 0.2) is 63.9 Å². The van der Waals surface area contributed by atoms with Crippen molar-refractivity contribution in [2.45, 2.75) is 19.9 Å². The second-order valence-electron chi connectivity index (χ2n) is 5.57. The molecule has 2 aromatic rings. The van der Waals surface area contributed by atoms with Gasteiger partial charge in [-0.15, -0.1) is 0 Å². The van der Waals surface area contributed by atoms with Crippen LogP contribution in [0.5, 0.6) is 0 Å². The maximum absolute atomic E-state index is 12.5. The van der Waals surface area contributed by atoms with Crippen molar-refractivity contribution in [2.24, 2.45) is 15.3 Å². The third-order valence-electron chi connectivity index (χ3n) is 3.77. The number of anilines is 1. The summed E-state index contributed by atoms with van der Waals surface area (Å²) in [6.07, 6.45) is 0. The Morgan fingerprint density at radius 3 is 2.56 bits per heavy atom. The second-order valence-corrected chi connectivity index (χ2v) is 5.57. The number of hydrogen-bond acceptors (Lipinski definition) is 6. The third-order valence-corrected chi connectivity index (χ3v) is 3.77. The van der Waals surface area contributed by atoms with Gasteiger partial charge in [-0.3, -0.25) is 14.9 Å². The molecule has 0 spiro atoms. The summed E-state index contributed by atoms with van der Waals surface area (Å²) in [7, 11) is 0. The Morgan fingerprint density at radius 1 is 1.16 bits per heavy atom. The number of nitrogens with zero attached hydrogens (tertiary/aromatic N) is 5. The van der Waals surface area contributed by atoms with Crippen molar-refractivity contribution >= 4 is 28.7 Å². The molecular weight excluding hydrogens is 322 g/mol. The quantitative estimate of drug-likeness (QED) is 0.482. The highest BCUT2D eigenvalue weighted by atomic mass is 16.6. The first-order chi connectivity index (χ1) is 12.0. The number of amides is 1. The predicted molar refractivity (Wildman–Crippen MR) is 93.2 cm³/mol. The van der Waals surface area contributed by atoms with E-state index in [9.17, 15) is 14.9 Å². The average molecular weight is 337 g/mol. The number of rotatable bonds is 4. The lowest BCUT2D eigenvalue weighted by Crippen LogP contribution is -2.29. The van der Waals surface area contributed by atoms with Crippen molar-refractivity contribution in [1.82, 2.24) is 0 Å². The zero-order valence-electron chi connectivity index (χ0n) is 13.7. The van der Waals surface area contributed by atoms with Gasteiger partial charge in [-0.2, -0.15) is 20.3 Å². The second kappa shape index (κ2) is 6.60. The van der Waals surface area contributed by atoms with Crippen LogP contribution in [-0.2, 0) is 4.79 Å². The highest BCUT2D eigenvalue weighted by Crippen LogP contribution is 2.26. The number of carbonyl (C=O) groups excluding carboxylic acids is 1. The van der Waals surface area contributed by atoms with Crippen molar-refractivity contribution < 1.29 is 9.72 Å². The van der Waals surface area contributed by atoms with Crippen LogP contribution in [0.4, 0.5) is 17.1 Å². The summed E-state index contributed by atoms with van der Waals surface area (Å²) in [5.74, 6) is -0.311. The summed E-state index contributed by atoms with van der Waals surface area (Å²) in [6.45, 7) is 3.34. The molecule has 0 saturated carbocycles. The summed E-state index contributed by atoms with van der Waals surface area (Å²) < 4.78 is 0. The van der Waals surface area contributed by atoms with E-state index in [1.165, 1.54) is 11.1 Å². The van der Waals surface area contributed by atoms with Crippen LogP contribution < -0.4 is 5.01 Å². The topological polar surface area (TPSA) is 101 Å². The Bertz CT molecular complexity index is 892. The molecular formula is C17H15N5O3. The van der Waals surface area contributed by atoms with Gasteiger partial charge in [0.1, 0.15) is 0 Å². The van der Waals surface area contributed by atoms with E-state index in [4.69, 9.17) is 0 Å². The van der Waals surface area contributed by atoms with Crippen LogP contribution in [0, 0.1) is 17.0 Å². The molecule has 0 bridgehead atoms. The van der Waals surface area contributed by atoms with E-state index in [0.717, 1.165) is 0 Å². The van der Waals surface area contributed by atoms with Gasteiger partial charge in [0.25, 0.3) is 11.6 Å². The van der Waals surface area contributed by atoms with Crippen LogP contribution in [0.1, 0.15) is 12.5 Å². The Morgan fingerprint density at radius 2 is 1.88 bits per heavy atom. The summed E-state index contributed by atoms with van der Waals surface area (Å²) in [6, 6.07) is 12.7. The summed E-state index contributed by atoms with van der Waals surface area (Å²) in [4.78, 5) is 23.0. The number of aryl methyl sites for hydroxylation is 1. The van der Waals surface area contributed by atoms with Gasteiger partial charge in [0, 0.05) is 11.6 Å². The SMILES string of the molecule is CC1=NN(c2ccccc2)C(=O)C1N=Nc1ccc(C)c([N+](=O)[O-])c1. The highest BCUT2D eigenvalue weighted by Gasteiger charge is 2.34.